The Morgan fingerprint density at radius 1 is 1.11 bits per heavy atom. The van der Waals surface area contributed by atoms with Crippen LogP contribution in [-0.4, -0.2) is 14.7 Å². The third-order valence-corrected chi connectivity index (χ3v) is 4.16. The van der Waals surface area contributed by atoms with Crippen LogP contribution in [0.2, 0.25) is 0 Å². The van der Waals surface area contributed by atoms with E-state index in [0.717, 1.165) is 18.4 Å². The molecule has 1 atom stereocenters. The van der Waals surface area contributed by atoms with Crippen molar-refractivity contribution < 1.29 is 8.42 Å². The minimum atomic E-state index is -3.11. The third-order valence-electron chi connectivity index (χ3n) is 3.03. The van der Waals surface area contributed by atoms with Crippen LogP contribution in [0.3, 0.4) is 0 Å². The van der Waals surface area contributed by atoms with Gasteiger partial charge in [0.15, 0.2) is 9.84 Å². The minimum absolute atomic E-state index is 0.00244. The minimum Gasteiger partial charge on any atom is -0.324 e. The van der Waals surface area contributed by atoms with Crippen molar-refractivity contribution in [2.45, 2.75) is 44.0 Å². The van der Waals surface area contributed by atoms with Crippen LogP contribution in [0.1, 0.15) is 44.7 Å². The highest BCUT2D eigenvalue weighted by Gasteiger charge is 2.10. The van der Waals surface area contributed by atoms with Crippen molar-refractivity contribution in [2.75, 3.05) is 6.26 Å². The summed E-state index contributed by atoms with van der Waals surface area (Å²) in [7, 11) is -3.11. The molecule has 4 heteroatoms. The maximum atomic E-state index is 11.3. The number of hydrogen-bond acceptors (Lipinski definition) is 3. The van der Waals surface area contributed by atoms with E-state index >= 15 is 0 Å². The maximum absolute atomic E-state index is 11.3. The van der Waals surface area contributed by atoms with E-state index < -0.39 is 9.84 Å². The molecule has 1 unspecified atom stereocenters. The molecule has 0 radical (unpaired) electrons. The molecule has 1 aromatic carbocycles. The second kappa shape index (κ2) is 6.34. The van der Waals surface area contributed by atoms with Crippen LogP contribution in [-0.2, 0) is 9.84 Å². The molecule has 0 amide bonds. The second-order valence-corrected chi connectivity index (χ2v) is 7.29. The van der Waals surface area contributed by atoms with Gasteiger partial charge >= 0.3 is 0 Å². The summed E-state index contributed by atoms with van der Waals surface area (Å²) in [6.45, 7) is 4.40. The van der Waals surface area contributed by atoms with Crippen LogP contribution in [0.15, 0.2) is 29.2 Å². The van der Waals surface area contributed by atoms with E-state index in [1.165, 1.54) is 12.7 Å². The van der Waals surface area contributed by atoms with E-state index in [1.54, 1.807) is 12.1 Å². The monoisotopic (exact) mass is 269 g/mol. The van der Waals surface area contributed by atoms with Gasteiger partial charge in [0, 0.05) is 12.3 Å². The quantitative estimate of drug-likeness (QED) is 0.863. The number of sulfone groups is 1. The van der Waals surface area contributed by atoms with E-state index in [9.17, 15) is 8.42 Å². The Kier molecular flexibility index (Phi) is 5.35. The van der Waals surface area contributed by atoms with Gasteiger partial charge in [-0.05, 0) is 30.0 Å². The summed E-state index contributed by atoms with van der Waals surface area (Å²) >= 11 is 0. The summed E-state index contributed by atoms with van der Waals surface area (Å²) < 4.78 is 22.7. The molecule has 0 fully saturated rings. The smallest absolute Gasteiger partial charge is 0.175 e. The molecule has 0 aromatic heterocycles. The van der Waals surface area contributed by atoms with Gasteiger partial charge in [0.2, 0.25) is 0 Å². The fourth-order valence-electron chi connectivity index (χ4n) is 1.87. The van der Waals surface area contributed by atoms with Gasteiger partial charge in [-0.1, -0.05) is 38.8 Å². The van der Waals surface area contributed by atoms with Crippen molar-refractivity contribution in [3.63, 3.8) is 0 Å². The highest BCUT2D eigenvalue weighted by atomic mass is 32.2. The van der Waals surface area contributed by atoms with Crippen molar-refractivity contribution in [3.05, 3.63) is 29.8 Å². The first-order valence-electron chi connectivity index (χ1n) is 6.36. The van der Waals surface area contributed by atoms with Gasteiger partial charge in [-0.25, -0.2) is 8.42 Å². The van der Waals surface area contributed by atoms with Crippen molar-refractivity contribution in [1.29, 1.82) is 0 Å². The molecule has 1 rings (SSSR count). The highest BCUT2D eigenvalue weighted by Crippen LogP contribution is 2.20. The van der Waals surface area contributed by atoms with E-state index in [2.05, 4.69) is 13.8 Å². The Morgan fingerprint density at radius 3 is 2.11 bits per heavy atom. The fourth-order valence-corrected chi connectivity index (χ4v) is 2.51. The number of rotatable bonds is 6. The van der Waals surface area contributed by atoms with Gasteiger partial charge in [-0.2, -0.15) is 0 Å². The lowest BCUT2D eigenvalue weighted by Crippen LogP contribution is -2.10. The molecule has 3 nitrogen and oxygen atoms in total. The summed E-state index contributed by atoms with van der Waals surface area (Å²) in [6, 6.07) is 6.89. The number of nitrogens with two attached hydrogens (primary N) is 1. The zero-order chi connectivity index (χ0) is 13.8. The zero-order valence-corrected chi connectivity index (χ0v) is 12.2. The Labute approximate surface area is 110 Å². The van der Waals surface area contributed by atoms with Crippen molar-refractivity contribution in [3.8, 4) is 0 Å². The highest BCUT2D eigenvalue weighted by molar-refractivity contribution is 7.90. The molecular formula is C14H23NO2S. The molecule has 0 aliphatic rings. The Morgan fingerprint density at radius 2 is 1.67 bits per heavy atom. The Bertz CT molecular complexity index is 463. The first-order chi connectivity index (χ1) is 8.30. The largest absolute Gasteiger partial charge is 0.324 e. The average molecular weight is 269 g/mol. The van der Waals surface area contributed by atoms with Crippen LogP contribution in [0.4, 0.5) is 0 Å². The van der Waals surface area contributed by atoms with Crippen LogP contribution in [0.25, 0.3) is 0 Å². The molecule has 18 heavy (non-hydrogen) atoms. The van der Waals surface area contributed by atoms with Crippen LogP contribution in [0, 0.1) is 5.92 Å². The van der Waals surface area contributed by atoms with E-state index in [0.29, 0.717) is 10.8 Å². The van der Waals surface area contributed by atoms with E-state index in [4.69, 9.17) is 5.73 Å². The van der Waals surface area contributed by atoms with Crippen molar-refractivity contribution in [2.24, 2.45) is 11.7 Å². The molecule has 2 N–H and O–H groups in total. The predicted molar refractivity (Wildman–Crippen MR) is 75.2 cm³/mol. The Hall–Kier alpha value is -0.870. The van der Waals surface area contributed by atoms with Gasteiger partial charge in [0.05, 0.1) is 4.90 Å². The van der Waals surface area contributed by atoms with Crippen molar-refractivity contribution >= 4 is 9.84 Å². The molecule has 0 bridgehead atoms. The third kappa shape index (κ3) is 4.78. The molecule has 102 valence electrons. The van der Waals surface area contributed by atoms with Crippen LogP contribution < -0.4 is 5.73 Å². The van der Waals surface area contributed by atoms with E-state index in [1.807, 2.05) is 12.1 Å². The maximum Gasteiger partial charge on any atom is 0.175 e. The summed E-state index contributed by atoms with van der Waals surface area (Å²) in [4.78, 5) is 0.348. The Balaban J connectivity index is 2.62. The standard InChI is InChI=1S/C14H23NO2S/c1-11(2)5-4-6-14(15)12-7-9-13(10-8-12)18(3,16)17/h7-11,14H,4-6,15H2,1-3H3. The topological polar surface area (TPSA) is 60.2 Å². The number of benzene rings is 1. The summed E-state index contributed by atoms with van der Waals surface area (Å²) in [5.74, 6) is 0.699. The molecule has 0 saturated heterocycles. The normalized spacial score (nSPS) is 13.8. The molecule has 0 spiro atoms. The van der Waals surface area contributed by atoms with Gasteiger partial charge < -0.3 is 5.73 Å². The number of hydrogen-bond donors (Lipinski definition) is 1. The van der Waals surface area contributed by atoms with E-state index in [-0.39, 0.29) is 6.04 Å². The van der Waals surface area contributed by atoms with Gasteiger partial charge in [-0.3, -0.25) is 0 Å². The molecule has 0 aliphatic heterocycles. The molecular weight excluding hydrogens is 246 g/mol. The average Bonchev–Trinajstić information content (AvgIpc) is 2.27. The first kappa shape index (κ1) is 15.2. The predicted octanol–water partition coefficient (Wildman–Crippen LogP) is 2.92. The summed E-state index contributed by atoms with van der Waals surface area (Å²) in [5, 5.41) is 0. The van der Waals surface area contributed by atoms with Gasteiger partial charge in [0.25, 0.3) is 0 Å². The summed E-state index contributed by atoms with van der Waals surface area (Å²) in [5.41, 5.74) is 7.10. The molecule has 0 heterocycles. The van der Waals surface area contributed by atoms with Gasteiger partial charge in [-0.15, -0.1) is 0 Å². The van der Waals surface area contributed by atoms with Crippen LogP contribution >= 0.6 is 0 Å². The zero-order valence-electron chi connectivity index (χ0n) is 11.4. The van der Waals surface area contributed by atoms with Gasteiger partial charge in [0.1, 0.15) is 0 Å². The summed E-state index contributed by atoms with van der Waals surface area (Å²) in [6.07, 6.45) is 4.43. The van der Waals surface area contributed by atoms with Crippen LogP contribution in [0.5, 0.6) is 0 Å². The lowest BCUT2D eigenvalue weighted by atomic mass is 9.99. The SMILES string of the molecule is CC(C)CCCC(N)c1ccc(S(C)(=O)=O)cc1. The lowest BCUT2D eigenvalue weighted by Gasteiger charge is -2.13. The first-order valence-corrected chi connectivity index (χ1v) is 8.25. The second-order valence-electron chi connectivity index (χ2n) is 5.27. The fraction of sp³-hybridized carbons (Fsp3) is 0.571. The molecule has 1 aromatic rings. The molecule has 0 saturated carbocycles. The van der Waals surface area contributed by atoms with Crippen molar-refractivity contribution in [1.82, 2.24) is 0 Å². The molecule has 0 aliphatic carbocycles. The lowest BCUT2D eigenvalue weighted by molar-refractivity contribution is 0.505.